The average Bonchev–Trinajstić information content (AvgIpc) is 3.84. The molecular formula is C40H43ClFN9O4S. The van der Waals surface area contributed by atoms with Crippen molar-refractivity contribution in [2.24, 2.45) is 5.41 Å². The second-order valence-corrected chi connectivity index (χ2v) is 17.7. The van der Waals surface area contributed by atoms with Crippen LogP contribution in [0.3, 0.4) is 0 Å². The van der Waals surface area contributed by atoms with Gasteiger partial charge in [0, 0.05) is 101 Å². The average molecular weight is 800 g/mol. The Morgan fingerprint density at radius 1 is 1.00 bits per heavy atom. The fourth-order valence-corrected chi connectivity index (χ4v) is 10.9. The number of aromatic nitrogens is 1. The number of anilines is 3. The summed E-state index contributed by atoms with van der Waals surface area (Å²) < 4.78 is 15.4. The summed E-state index contributed by atoms with van der Waals surface area (Å²) in [6.07, 6.45) is 5.49. The van der Waals surface area contributed by atoms with Gasteiger partial charge in [-0.1, -0.05) is 11.6 Å². The molecule has 1 N–H and O–H groups in total. The van der Waals surface area contributed by atoms with Crippen LogP contribution in [-0.4, -0.2) is 120 Å². The molecule has 6 aliphatic heterocycles. The molecule has 13 nitrogen and oxygen atoms in total. The lowest BCUT2D eigenvalue weighted by molar-refractivity contribution is -0.136. The van der Waals surface area contributed by atoms with Crippen LogP contribution in [0, 0.1) is 22.6 Å². The number of nitriles is 1. The van der Waals surface area contributed by atoms with Crippen LogP contribution in [0.4, 0.5) is 20.9 Å². The molecule has 9 rings (SSSR count). The van der Waals surface area contributed by atoms with Crippen LogP contribution >= 0.6 is 22.9 Å². The Labute approximate surface area is 333 Å². The van der Waals surface area contributed by atoms with Gasteiger partial charge in [0.1, 0.15) is 17.9 Å². The van der Waals surface area contributed by atoms with E-state index in [9.17, 15) is 24.4 Å². The van der Waals surface area contributed by atoms with Gasteiger partial charge in [-0.25, -0.2) is 9.37 Å². The molecule has 292 valence electrons. The van der Waals surface area contributed by atoms with Crippen LogP contribution in [0.5, 0.6) is 0 Å². The summed E-state index contributed by atoms with van der Waals surface area (Å²) in [5.41, 5.74) is 2.19. The van der Waals surface area contributed by atoms with E-state index in [0.29, 0.717) is 35.8 Å². The van der Waals surface area contributed by atoms with Crippen LogP contribution in [0.15, 0.2) is 36.5 Å². The summed E-state index contributed by atoms with van der Waals surface area (Å²) in [6.45, 7) is 10.7. The van der Waals surface area contributed by atoms with Crippen LogP contribution in [0.25, 0.3) is 0 Å². The predicted octanol–water partition coefficient (Wildman–Crippen LogP) is 4.10. The Hall–Kier alpha value is -4.62. The van der Waals surface area contributed by atoms with Crippen molar-refractivity contribution in [3.8, 4) is 6.07 Å². The van der Waals surface area contributed by atoms with Crippen molar-refractivity contribution in [2.75, 3.05) is 73.6 Å². The van der Waals surface area contributed by atoms with Crippen LogP contribution in [0.1, 0.15) is 70.2 Å². The quantitative estimate of drug-likeness (QED) is 0.346. The second kappa shape index (κ2) is 14.4. The highest BCUT2D eigenvalue weighted by Crippen LogP contribution is 2.46. The molecule has 3 aromatic rings. The molecular weight excluding hydrogens is 757 g/mol. The van der Waals surface area contributed by atoms with E-state index in [-0.39, 0.29) is 35.1 Å². The number of nitrogens with one attached hydrogen (secondary N) is 1. The highest BCUT2D eigenvalue weighted by atomic mass is 35.5. The van der Waals surface area contributed by atoms with E-state index >= 15 is 4.39 Å². The third kappa shape index (κ3) is 6.60. The number of fused-ring (bicyclic) bond motifs is 1. The minimum Gasteiger partial charge on any atom is -0.368 e. The number of nitrogens with zero attached hydrogens (tertiary/aromatic N) is 8. The largest absolute Gasteiger partial charge is 0.368 e. The third-order valence-electron chi connectivity index (χ3n) is 12.8. The number of piperidine rings is 2. The molecule has 0 radical (unpaired) electrons. The molecule has 5 fully saturated rings. The van der Waals surface area contributed by atoms with Gasteiger partial charge in [0.15, 0.2) is 5.13 Å². The molecule has 6 aliphatic rings. The molecule has 1 aromatic heterocycles. The summed E-state index contributed by atoms with van der Waals surface area (Å²) in [5, 5.41) is 13.1. The lowest BCUT2D eigenvalue weighted by Crippen LogP contribution is -2.62. The van der Waals surface area contributed by atoms with Crippen molar-refractivity contribution in [3.05, 3.63) is 68.9 Å². The van der Waals surface area contributed by atoms with Crippen molar-refractivity contribution >= 4 is 63.1 Å². The Morgan fingerprint density at radius 2 is 1.73 bits per heavy atom. The number of thiazole rings is 1. The van der Waals surface area contributed by atoms with Gasteiger partial charge in [0.2, 0.25) is 11.8 Å². The molecule has 1 spiro atoms. The van der Waals surface area contributed by atoms with Crippen LogP contribution in [0.2, 0.25) is 5.02 Å². The van der Waals surface area contributed by atoms with E-state index in [4.69, 9.17) is 16.6 Å². The van der Waals surface area contributed by atoms with Gasteiger partial charge in [-0.05, 0) is 68.4 Å². The van der Waals surface area contributed by atoms with E-state index in [2.05, 4.69) is 37.9 Å². The van der Waals surface area contributed by atoms with Gasteiger partial charge in [0.05, 0.1) is 27.4 Å². The topological polar surface area (TPSA) is 136 Å². The maximum Gasteiger partial charge on any atom is 0.262 e. The van der Waals surface area contributed by atoms with E-state index in [1.807, 2.05) is 29.3 Å². The number of carbonyl (C=O) groups is 4. The van der Waals surface area contributed by atoms with E-state index in [1.165, 1.54) is 10.9 Å². The molecule has 0 saturated carbocycles. The van der Waals surface area contributed by atoms with E-state index in [1.54, 1.807) is 11.3 Å². The molecule has 4 amide bonds. The van der Waals surface area contributed by atoms with Crippen molar-refractivity contribution in [3.63, 3.8) is 0 Å². The molecule has 16 heteroatoms. The zero-order chi connectivity index (χ0) is 38.9. The lowest BCUT2D eigenvalue weighted by Gasteiger charge is -2.48. The van der Waals surface area contributed by atoms with Crippen LogP contribution < -0.4 is 20.0 Å². The maximum absolute atomic E-state index is 15.4. The smallest absolute Gasteiger partial charge is 0.262 e. The molecule has 0 bridgehead atoms. The van der Waals surface area contributed by atoms with Crippen molar-refractivity contribution < 1.29 is 23.6 Å². The number of likely N-dealkylation sites (tertiary alicyclic amines) is 1. The van der Waals surface area contributed by atoms with Gasteiger partial charge in [-0.15, -0.1) is 11.3 Å². The zero-order valence-electron chi connectivity index (χ0n) is 31.2. The number of amides is 4. The first kappa shape index (κ1) is 37.0. The SMILES string of the molecule is C[C@H]1CC2(CCN(c3ncc(CN4CC(N5CCN(c6cc7c(cc6F)C(=O)N(C6CCC(=O)NC6=O)C7=O)CC5)C4)s3)CC2)CN1c1ccc(C#N)c(Cl)c1. The molecule has 56 heavy (non-hydrogen) atoms. The number of carbonyl (C=O) groups excluding carboxylic acids is 4. The molecule has 2 atom stereocenters. The lowest BCUT2D eigenvalue weighted by atomic mass is 9.77. The Bertz CT molecular complexity index is 2150. The fourth-order valence-electron chi connectivity index (χ4n) is 9.66. The van der Waals surface area contributed by atoms with Gasteiger partial charge in [-0.3, -0.25) is 39.2 Å². The highest BCUT2D eigenvalue weighted by molar-refractivity contribution is 7.15. The minimum absolute atomic E-state index is 0.0267. The predicted molar refractivity (Wildman–Crippen MR) is 210 cm³/mol. The second-order valence-electron chi connectivity index (χ2n) is 16.2. The molecule has 7 heterocycles. The fraction of sp³-hybridized carbons (Fsp3) is 0.500. The number of piperazine rings is 1. The van der Waals surface area contributed by atoms with Crippen molar-refractivity contribution in [1.29, 1.82) is 5.26 Å². The molecule has 0 aliphatic carbocycles. The standard InChI is InChI=1S/C40H43ClFN9O4S/c1-24-17-40(23-50(24)26-3-2-25(18-43)31(41)14-26)6-8-49(9-7-40)39-44-19-28(56-39)22-46-20-27(21-46)47-10-12-48(13-11-47)34-16-30-29(15-32(34)42)37(54)51(38(30)55)33-4-5-35(52)45-36(33)53/h2-3,14-16,19,24,27,33H,4-13,17,20-23H2,1H3,(H,45,52,53)/t24-,33?/m0/s1. The van der Waals surface area contributed by atoms with Crippen LogP contribution in [-0.2, 0) is 16.1 Å². The summed E-state index contributed by atoms with van der Waals surface area (Å²) in [7, 11) is 0. The first-order valence-electron chi connectivity index (χ1n) is 19.4. The Morgan fingerprint density at radius 3 is 2.43 bits per heavy atom. The summed E-state index contributed by atoms with van der Waals surface area (Å²) in [5.74, 6) is -3.05. The monoisotopic (exact) mass is 799 g/mol. The number of hydrogen-bond donors (Lipinski definition) is 1. The first-order chi connectivity index (χ1) is 27.0. The van der Waals surface area contributed by atoms with Gasteiger partial charge >= 0.3 is 0 Å². The number of halogens is 2. The summed E-state index contributed by atoms with van der Waals surface area (Å²) >= 11 is 8.16. The minimum atomic E-state index is -1.09. The van der Waals surface area contributed by atoms with Gasteiger partial charge in [0.25, 0.3) is 11.8 Å². The number of hydrogen-bond acceptors (Lipinski definition) is 12. The van der Waals surface area contributed by atoms with Gasteiger partial charge in [-0.2, -0.15) is 5.26 Å². The first-order valence-corrected chi connectivity index (χ1v) is 20.6. The third-order valence-corrected chi connectivity index (χ3v) is 14.2. The number of rotatable bonds is 7. The number of imide groups is 2. The maximum atomic E-state index is 15.4. The highest BCUT2D eigenvalue weighted by Gasteiger charge is 2.47. The van der Waals surface area contributed by atoms with E-state index < -0.39 is 35.5 Å². The summed E-state index contributed by atoms with van der Waals surface area (Å²) in [6, 6.07) is 10.2. The van der Waals surface area contributed by atoms with Gasteiger partial charge < -0.3 is 14.7 Å². The summed E-state index contributed by atoms with van der Waals surface area (Å²) in [4.78, 5) is 69.1. The Kier molecular flexibility index (Phi) is 9.51. The molecule has 5 saturated heterocycles. The van der Waals surface area contributed by atoms with Crippen molar-refractivity contribution in [1.82, 2.24) is 25.0 Å². The van der Waals surface area contributed by atoms with E-state index in [0.717, 1.165) is 93.4 Å². The Balaban J connectivity index is 0.740. The zero-order valence-corrected chi connectivity index (χ0v) is 32.8. The normalized spacial score (nSPS) is 24.5. The molecule has 1 unspecified atom stereocenters. The van der Waals surface area contributed by atoms with Crippen molar-refractivity contribution in [2.45, 2.75) is 63.7 Å². The number of benzene rings is 2. The molecule has 2 aromatic carbocycles.